The largest absolute Gasteiger partial charge is 0.481 e. The zero-order valence-corrected chi connectivity index (χ0v) is 9.02. The molecule has 4 nitrogen and oxygen atoms in total. The van der Waals surface area contributed by atoms with E-state index >= 15 is 0 Å². The number of carboxylic acids is 1. The van der Waals surface area contributed by atoms with E-state index in [0.29, 0.717) is 0 Å². The van der Waals surface area contributed by atoms with E-state index in [0.717, 1.165) is 0 Å². The molecule has 0 spiro atoms. The zero-order valence-electron chi connectivity index (χ0n) is 9.02. The number of nitrogens with one attached hydrogen (secondary N) is 1. The molecule has 0 aliphatic carbocycles. The van der Waals surface area contributed by atoms with Crippen molar-refractivity contribution in [2.45, 2.75) is 32.9 Å². The molecule has 94 valence electrons. The molecule has 0 aliphatic heterocycles. The van der Waals surface area contributed by atoms with Gasteiger partial charge < -0.3 is 10.4 Å². The van der Waals surface area contributed by atoms with Gasteiger partial charge in [0.2, 0.25) is 0 Å². The van der Waals surface area contributed by atoms with Crippen molar-refractivity contribution < 1.29 is 27.9 Å². The number of hydrogen-bond donors (Lipinski definition) is 2. The van der Waals surface area contributed by atoms with Crippen molar-refractivity contribution in [2.24, 2.45) is 5.41 Å². The summed E-state index contributed by atoms with van der Waals surface area (Å²) in [6, 6.07) is 0. The van der Waals surface area contributed by atoms with E-state index in [4.69, 9.17) is 5.11 Å². The van der Waals surface area contributed by atoms with Crippen molar-refractivity contribution in [1.29, 1.82) is 0 Å². The second-order valence-electron chi connectivity index (χ2n) is 4.05. The molecule has 2 N–H and O–H groups in total. The van der Waals surface area contributed by atoms with Gasteiger partial charge in [-0.05, 0) is 26.7 Å². The van der Waals surface area contributed by atoms with Crippen LogP contribution in [-0.2, 0) is 9.59 Å². The van der Waals surface area contributed by atoms with E-state index < -0.39 is 23.5 Å². The number of carbonyl (C=O) groups excluding carboxylic acids is 1. The number of alkyl halides is 3. The first-order valence-corrected chi connectivity index (χ1v) is 4.66. The standard InChI is InChI=1S/C9H14F3NO3/c1-8(2,7(15)16)4-3-5-13-6(14)9(10,11)12/h3-5H2,1-2H3,(H,13,14)(H,15,16). The van der Waals surface area contributed by atoms with Crippen molar-refractivity contribution in [2.75, 3.05) is 6.54 Å². The summed E-state index contributed by atoms with van der Waals surface area (Å²) in [6.07, 6.45) is -4.51. The molecule has 0 aromatic carbocycles. The number of hydrogen-bond acceptors (Lipinski definition) is 2. The Labute approximate surface area is 90.8 Å². The number of rotatable bonds is 5. The third-order valence-corrected chi connectivity index (χ3v) is 2.10. The van der Waals surface area contributed by atoms with Gasteiger partial charge in [-0.15, -0.1) is 0 Å². The van der Waals surface area contributed by atoms with Crippen molar-refractivity contribution >= 4 is 11.9 Å². The second kappa shape index (κ2) is 5.18. The fourth-order valence-electron chi connectivity index (χ4n) is 0.939. The molecule has 0 aliphatic rings. The molecule has 0 atom stereocenters. The molecule has 0 aromatic rings. The van der Waals surface area contributed by atoms with Crippen LogP contribution in [-0.4, -0.2) is 29.7 Å². The summed E-state index contributed by atoms with van der Waals surface area (Å²) in [7, 11) is 0. The average Bonchev–Trinajstić information content (AvgIpc) is 2.10. The predicted molar refractivity (Wildman–Crippen MR) is 49.7 cm³/mol. The van der Waals surface area contributed by atoms with Crippen LogP contribution in [0.15, 0.2) is 0 Å². The van der Waals surface area contributed by atoms with Crippen LogP contribution in [0.25, 0.3) is 0 Å². The van der Waals surface area contributed by atoms with Crippen molar-refractivity contribution in [3.63, 3.8) is 0 Å². The number of carbonyl (C=O) groups is 2. The molecule has 7 heteroatoms. The molecule has 0 saturated heterocycles. The van der Waals surface area contributed by atoms with E-state index in [1.165, 1.54) is 13.8 Å². The summed E-state index contributed by atoms with van der Waals surface area (Å²) in [6.45, 7) is 2.76. The highest BCUT2D eigenvalue weighted by molar-refractivity contribution is 5.81. The van der Waals surface area contributed by atoms with Crippen LogP contribution in [0.4, 0.5) is 13.2 Å². The van der Waals surface area contributed by atoms with E-state index in [9.17, 15) is 22.8 Å². The monoisotopic (exact) mass is 241 g/mol. The number of amides is 1. The van der Waals surface area contributed by atoms with Gasteiger partial charge in [-0.2, -0.15) is 13.2 Å². The van der Waals surface area contributed by atoms with Gasteiger partial charge in [-0.3, -0.25) is 9.59 Å². The minimum Gasteiger partial charge on any atom is -0.481 e. The topological polar surface area (TPSA) is 66.4 Å². The SMILES string of the molecule is CC(C)(CCCNC(=O)C(F)(F)F)C(=O)O. The lowest BCUT2D eigenvalue weighted by Gasteiger charge is -2.18. The number of carboxylic acid groups (broad SMARTS) is 1. The van der Waals surface area contributed by atoms with Gasteiger partial charge in [0.25, 0.3) is 0 Å². The molecule has 1 amide bonds. The van der Waals surface area contributed by atoms with Crippen LogP contribution in [0.2, 0.25) is 0 Å². The molecule has 0 unspecified atom stereocenters. The maximum absolute atomic E-state index is 11.7. The molecule has 0 saturated carbocycles. The van der Waals surface area contributed by atoms with Gasteiger partial charge >= 0.3 is 18.1 Å². The molecule has 0 aromatic heterocycles. The summed E-state index contributed by atoms with van der Waals surface area (Å²) < 4.78 is 35.2. The van der Waals surface area contributed by atoms with E-state index in [2.05, 4.69) is 0 Å². The third-order valence-electron chi connectivity index (χ3n) is 2.10. The van der Waals surface area contributed by atoms with Gasteiger partial charge in [-0.25, -0.2) is 0 Å². The summed E-state index contributed by atoms with van der Waals surface area (Å²) in [4.78, 5) is 21.0. The summed E-state index contributed by atoms with van der Waals surface area (Å²) in [5, 5.41) is 10.4. The first-order valence-electron chi connectivity index (χ1n) is 4.66. The van der Waals surface area contributed by atoms with Crippen molar-refractivity contribution in [1.82, 2.24) is 5.32 Å². The van der Waals surface area contributed by atoms with Gasteiger partial charge in [0, 0.05) is 6.54 Å². The Kier molecular flexibility index (Phi) is 4.77. The molecule has 0 radical (unpaired) electrons. The molecule has 0 heterocycles. The number of halogens is 3. The average molecular weight is 241 g/mol. The highest BCUT2D eigenvalue weighted by Crippen LogP contribution is 2.22. The number of aliphatic carboxylic acids is 1. The van der Waals surface area contributed by atoms with Crippen molar-refractivity contribution in [3.8, 4) is 0 Å². The quantitative estimate of drug-likeness (QED) is 0.718. The van der Waals surface area contributed by atoms with Gasteiger partial charge in [-0.1, -0.05) is 0 Å². The first-order chi connectivity index (χ1) is 7.07. The fraction of sp³-hybridized carbons (Fsp3) is 0.778. The van der Waals surface area contributed by atoms with Crippen molar-refractivity contribution in [3.05, 3.63) is 0 Å². The molecular formula is C9H14F3NO3. The Morgan fingerprint density at radius 1 is 1.25 bits per heavy atom. The minimum atomic E-state index is -4.89. The van der Waals surface area contributed by atoms with E-state index in [1.54, 1.807) is 5.32 Å². The van der Waals surface area contributed by atoms with Crippen LogP contribution in [0.1, 0.15) is 26.7 Å². The maximum atomic E-state index is 11.7. The molecule has 0 fully saturated rings. The molecular weight excluding hydrogens is 227 g/mol. The van der Waals surface area contributed by atoms with Crippen LogP contribution in [0.3, 0.4) is 0 Å². The first kappa shape index (κ1) is 14.7. The summed E-state index contributed by atoms with van der Waals surface area (Å²) >= 11 is 0. The molecule has 0 bridgehead atoms. The Bertz CT molecular complexity index is 274. The Morgan fingerprint density at radius 2 is 1.75 bits per heavy atom. The van der Waals surface area contributed by atoms with Crippen LogP contribution in [0, 0.1) is 5.41 Å². The highest BCUT2D eigenvalue weighted by Gasteiger charge is 2.38. The van der Waals surface area contributed by atoms with Crippen LogP contribution in [0.5, 0.6) is 0 Å². The molecule has 16 heavy (non-hydrogen) atoms. The Morgan fingerprint density at radius 3 is 2.12 bits per heavy atom. The zero-order chi connectivity index (χ0) is 13.0. The highest BCUT2D eigenvalue weighted by atomic mass is 19.4. The van der Waals surface area contributed by atoms with Crippen LogP contribution < -0.4 is 5.32 Å². The van der Waals surface area contributed by atoms with Crippen LogP contribution >= 0.6 is 0 Å². The second-order valence-corrected chi connectivity index (χ2v) is 4.05. The lowest BCUT2D eigenvalue weighted by molar-refractivity contribution is -0.173. The third kappa shape index (κ3) is 4.99. The summed E-state index contributed by atoms with van der Waals surface area (Å²) in [5.74, 6) is -3.02. The predicted octanol–water partition coefficient (Wildman–Crippen LogP) is 1.56. The van der Waals surface area contributed by atoms with Gasteiger partial charge in [0.1, 0.15) is 0 Å². The summed E-state index contributed by atoms with van der Waals surface area (Å²) in [5.41, 5.74) is -0.997. The van der Waals surface area contributed by atoms with Gasteiger partial charge in [0.05, 0.1) is 5.41 Å². The maximum Gasteiger partial charge on any atom is 0.471 e. The normalized spacial score (nSPS) is 12.3. The van der Waals surface area contributed by atoms with E-state index in [1.807, 2.05) is 0 Å². The molecule has 0 rings (SSSR count). The fourth-order valence-corrected chi connectivity index (χ4v) is 0.939. The Balaban J connectivity index is 3.86. The lowest BCUT2D eigenvalue weighted by atomic mass is 9.88. The van der Waals surface area contributed by atoms with Gasteiger partial charge in [0.15, 0.2) is 0 Å². The Hall–Kier alpha value is -1.27. The lowest BCUT2D eigenvalue weighted by Crippen LogP contribution is -2.37. The van der Waals surface area contributed by atoms with E-state index in [-0.39, 0.29) is 19.4 Å². The minimum absolute atomic E-state index is 0.182. The smallest absolute Gasteiger partial charge is 0.471 e.